The van der Waals surface area contributed by atoms with Crippen LogP contribution in [0.15, 0.2) is 0 Å². The van der Waals surface area contributed by atoms with Gasteiger partial charge in [0.2, 0.25) is 0 Å². The number of aliphatic carboxylic acids is 1. The molecule has 1 fully saturated rings. The van der Waals surface area contributed by atoms with Crippen LogP contribution in [0.4, 0.5) is 0 Å². The van der Waals surface area contributed by atoms with Crippen molar-refractivity contribution in [2.75, 3.05) is 6.54 Å². The Kier molecular flexibility index (Phi) is 4.33. The Balaban J connectivity index is 2.78. The van der Waals surface area contributed by atoms with Crippen LogP contribution in [0.3, 0.4) is 0 Å². The molecule has 1 aliphatic rings. The van der Waals surface area contributed by atoms with Crippen molar-refractivity contribution in [3.8, 4) is 0 Å². The van der Waals surface area contributed by atoms with Crippen LogP contribution >= 0.6 is 0 Å². The largest absolute Gasteiger partial charge is 0.480 e. The first-order chi connectivity index (χ1) is 7.32. The molecule has 16 heavy (non-hydrogen) atoms. The summed E-state index contributed by atoms with van der Waals surface area (Å²) in [5.41, 5.74) is -0.221. The van der Waals surface area contributed by atoms with Gasteiger partial charge in [-0.15, -0.1) is 0 Å². The third-order valence-electron chi connectivity index (χ3n) is 3.26. The van der Waals surface area contributed by atoms with Gasteiger partial charge in [-0.2, -0.15) is 0 Å². The molecule has 0 radical (unpaired) electrons. The summed E-state index contributed by atoms with van der Waals surface area (Å²) in [6.07, 6.45) is 3.42. The lowest BCUT2D eigenvalue weighted by molar-refractivity contribution is -0.142. The summed E-state index contributed by atoms with van der Waals surface area (Å²) in [7, 11) is 0. The Morgan fingerprint density at radius 3 is 2.31 bits per heavy atom. The number of hydrogen-bond donors (Lipinski definition) is 2. The van der Waals surface area contributed by atoms with Gasteiger partial charge in [-0.25, -0.2) is 0 Å². The van der Waals surface area contributed by atoms with Gasteiger partial charge < -0.3 is 10.2 Å². The fourth-order valence-electron chi connectivity index (χ4n) is 2.45. The Bertz CT molecular complexity index is 247. The van der Waals surface area contributed by atoms with Gasteiger partial charge in [-0.05, 0) is 33.6 Å². The standard InChI is InChI=1S/C12H23NO3/c1-12(2,3)13(8-11(15)16)9-6-4-5-7-10(9)14/h9-10,14H,4-8H2,1-3H3,(H,15,16). The highest BCUT2D eigenvalue weighted by atomic mass is 16.4. The first-order valence-electron chi connectivity index (χ1n) is 5.99. The van der Waals surface area contributed by atoms with E-state index in [-0.39, 0.29) is 24.2 Å². The molecule has 94 valence electrons. The average Bonchev–Trinajstić information content (AvgIpc) is 2.13. The molecule has 0 heterocycles. The van der Waals surface area contributed by atoms with Crippen molar-refractivity contribution >= 4 is 5.97 Å². The van der Waals surface area contributed by atoms with Gasteiger partial charge in [-0.1, -0.05) is 12.8 Å². The van der Waals surface area contributed by atoms with Crippen molar-refractivity contribution in [3.63, 3.8) is 0 Å². The molecule has 0 spiro atoms. The number of carboxylic acids is 1. The molecule has 0 aliphatic heterocycles. The van der Waals surface area contributed by atoms with E-state index in [9.17, 15) is 9.90 Å². The van der Waals surface area contributed by atoms with E-state index in [0.29, 0.717) is 0 Å². The summed E-state index contributed by atoms with van der Waals surface area (Å²) < 4.78 is 0. The summed E-state index contributed by atoms with van der Waals surface area (Å²) in [5.74, 6) is -0.826. The Hall–Kier alpha value is -0.610. The highest BCUT2D eigenvalue weighted by molar-refractivity contribution is 5.69. The highest BCUT2D eigenvalue weighted by Crippen LogP contribution is 2.28. The van der Waals surface area contributed by atoms with Crippen molar-refractivity contribution in [2.45, 2.75) is 64.1 Å². The number of carbonyl (C=O) groups is 1. The zero-order valence-corrected chi connectivity index (χ0v) is 10.4. The second-order valence-electron chi connectivity index (χ2n) is 5.61. The van der Waals surface area contributed by atoms with Crippen molar-refractivity contribution in [1.82, 2.24) is 4.90 Å². The predicted octanol–water partition coefficient (Wildman–Crippen LogP) is 1.47. The van der Waals surface area contributed by atoms with Crippen molar-refractivity contribution in [3.05, 3.63) is 0 Å². The minimum absolute atomic E-state index is 0.00519. The van der Waals surface area contributed by atoms with Gasteiger partial charge in [0, 0.05) is 11.6 Å². The zero-order valence-electron chi connectivity index (χ0n) is 10.4. The first-order valence-corrected chi connectivity index (χ1v) is 5.99. The van der Waals surface area contributed by atoms with Gasteiger partial charge in [0.05, 0.1) is 12.6 Å². The molecule has 0 aromatic rings. The van der Waals surface area contributed by atoms with E-state index >= 15 is 0 Å². The number of aliphatic hydroxyl groups excluding tert-OH is 1. The normalized spacial score (nSPS) is 27.1. The summed E-state index contributed by atoms with van der Waals surface area (Å²) in [4.78, 5) is 12.8. The lowest BCUT2D eigenvalue weighted by atomic mass is 9.88. The van der Waals surface area contributed by atoms with E-state index in [1.54, 1.807) is 0 Å². The van der Waals surface area contributed by atoms with Crippen LogP contribution in [0, 0.1) is 0 Å². The molecular formula is C12H23NO3. The molecule has 1 rings (SSSR count). The van der Waals surface area contributed by atoms with E-state index in [1.165, 1.54) is 0 Å². The van der Waals surface area contributed by atoms with Gasteiger partial charge in [0.15, 0.2) is 0 Å². The molecule has 1 aliphatic carbocycles. The van der Waals surface area contributed by atoms with Crippen molar-refractivity contribution < 1.29 is 15.0 Å². The molecule has 2 N–H and O–H groups in total. The monoisotopic (exact) mass is 229 g/mol. The van der Waals surface area contributed by atoms with Crippen LogP contribution in [0.25, 0.3) is 0 Å². The van der Waals surface area contributed by atoms with Crippen LogP contribution in [-0.2, 0) is 4.79 Å². The number of hydrogen-bond acceptors (Lipinski definition) is 3. The Labute approximate surface area is 97.3 Å². The number of carboxylic acid groups (broad SMARTS) is 1. The molecule has 0 amide bonds. The van der Waals surface area contributed by atoms with Gasteiger partial charge in [-0.3, -0.25) is 9.69 Å². The summed E-state index contributed by atoms with van der Waals surface area (Å²) in [6.45, 7) is 6.00. The van der Waals surface area contributed by atoms with E-state index < -0.39 is 5.97 Å². The second kappa shape index (κ2) is 5.15. The zero-order chi connectivity index (χ0) is 12.3. The minimum atomic E-state index is -0.826. The molecule has 0 saturated heterocycles. The second-order valence-corrected chi connectivity index (χ2v) is 5.61. The summed E-state index contributed by atoms with van der Waals surface area (Å²) in [5, 5.41) is 18.9. The van der Waals surface area contributed by atoms with Gasteiger partial charge >= 0.3 is 5.97 Å². The van der Waals surface area contributed by atoms with Crippen molar-refractivity contribution in [1.29, 1.82) is 0 Å². The quantitative estimate of drug-likeness (QED) is 0.769. The molecular weight excluding hydrogens is 206 g/mol. The fourth-order valence-corrected chi connectivity index (χ4v) is 2.45. The van der Waals surface area contributed by atoms with Crippen molar-refractivity contribution in [2.24, 2.45) is 0 Å². The number of nitrogens with zero attached hydrogens (tertiary/aromatic N) is 1. The smallest absolute Gasteiger partial charge is 0.317 e. The summed E-state index contributed by atoms with van der Waals surface area (Å²) >= 11 is 0. The molecule has 2 unspecified atom stereocenters. The molecule has 4 nitrogen and oxygen atoms in total. The summed E-state index contributed by atoms with van der Waals surface area (Å²) in [6, 6.07) is -0.00940. The molecule has 2 atom stereocenters. The number of rotatable bonds is 3. The maximum absolute atomic E-state index is 10.9. The third kappa shape index (κ3) is 3.46. The molecule has 0 aromatic heterocycles. The highest BCUT2D eigenvalue weighted by Gasteiger charge is 2.35. The topological polar surface area (TPSA) is 60.8 Å². The van der Waals surface area contributed by atoms with Crippen LogP contribution in [-0.4, -0.2) is 45.3 Å². The van der Waals surface area contributed by atoms with E-state index in [4.69, 9.17) is 5.11 Å². The third-order valence-corrected chi connectivity index (χ3v) is 3.26. The van der Waals surface area contributed by atoms with E-state index in [2.05, 4.69) is 0 Å². The molecule has 1 saturated carbocycles. The van der Waals surface area contributed by atoms with Gasteiger partial charge in [0.25, 0.3) is 0 Å². The van der Waals surface area contributed by atoms with E-state index in [0.717, 1.165) is 25.7 Å². The molecule has 4 heteroatoms. The maximum atomic E-state index is 10.9. The predicted molar refractivity (Wildman–Crippen MR) is 62.4 cm³/mol. The molecule has 0 aromatic carbocycles. The van der Waals surface area contributed by atoms with Crippen LogP contribution in [0.1, 0.15) is 46.5 Å². The lowest BCUT2D eigenvalue weighted by Gasteiger charge is -2.44. The van der Waals surface area contributed by atoms with Crippen LogP contribution in [0.2, 0.25) is 0 Å². The van der Waals surface area contributed by atoms with Gasteiger partial charge in [0.1, 0.15) is 0 Å². The first kappa shape index (κ1) is 13.5. The number of aliphatic hydroxyl groups is 1. The molecule has 0 bridgehead atoms. The van der Waals surface area contributed by atoms with E-state index in [1.807, 2.05) is 25.7 Å². The van der Waals surface area contributed by atoms with Crippen LogP contribution < -0.4 is 0 Å². The Morgan fingerprint density at radius 1 is 1.31 bits per heavy atom. The SMILES string of the molecule is CC(C)(C)N(CC(=O)O)C1CCCCC1O. The average molecular weight is 229 g/mol. The maximum Gasteiger partial charge on any atom is 0.317 e. The lowest BCUT2D eigenvalue weighted by Crippen LogP contribution is -2.55. The minimum Gasteiger partial charge on any atom is -0.480 e. The fraction of sp³-hybridized carbons (Fsp3) is 0.917. The van der Waals surface area contributed by atoms with Crippen LogP contribution in [0.5, 0.6) is 0 Å². The Morgan fingerprint density at radius 2 is 1.88 bits per heavy atom.